The average Bonchev–Trinajstić information content (AvgIpc) is 2.86. The highest BCUT2D eigenvalue weighted by atomic mass is 32.1. The average molecular weight is 310 g/mol. The van der Waals surface area contributed by atoms with Gasteiger partial charge in [-0.05, 0) is 17.9 Å². The van der Waals surface area contributed by atoms with Crippen LogP contribution in [0, 0.1) is 0 Å². The Morgan fingerprint density at radius 3 is 2.91 bits per heavy atom. The molecule has 22 heavy (non-hydrogen) atoms. The summed E-state index contributed by atoms with van der Waals surface area (Å²) in [5, 5.41) is 2.40. The van der Waals surface area contributed by atoms with Crippen LogP contribution in [0.2, 0.25) is 0 Å². The lowest BCUT2D eigenvalue weighted by Gasteiger charge is -2.02. The second-order valence-corrected chi connectivity index (χ2v) is 6.15. The van der Waals surface area contributed by atoms with Crippen LogP contribution in [-0.4, -0.2) is 10.5 Å². The predicted molar refractivity (Wildman–Crippen MR) is 93.0 cm³/mol. The number of allylic oxidation sites excluding steroid dienone is 1. The van der Waals surface area contributed by atoms with Crippen LogP contribution < -0.4 is 4.80 Å². The van der Waals surface area contributed by atoms with Crippen LogP contribution in [0.4, 0.5) is 0 Å². The van der Waals surface area contributed by atoms with E-state index in [-0.39, 0.29) is 5.91 Å². The number of carbonyl (C=O) groups is 1. The summed E-state index contributed by atoms with van der Waals surface area (Å²) in [6, 6.07) is 12.5. The first-order valence-electron chi connectivity index (χ1n) is 7.44. The molecule has 1 amide bonds. The van der Waals surface area contributed by atoms with Gasteiger partial charge in [0, 0.05) is 18.4 Å². The zero-order chi connectivity index (χ0) is 15.5. The van der Waals surface area contributed by atoms with Crippen molar-refractivity contribution in [3.8, 4) is 0 Å². The third-order valence-corrected chi connectivity index (χ3v) is 4.70. The number of thiazole rings is 1. The highest BCUT2D eigenvalue weighted by molar-refractivity contribution is 7.17. The zero-order valence-corrected chi connectivity index (χ0v) is 13.4. The number of amides is 1. The molecular weight excluding hydrogens is 292 g/mol. The number of nitrogens with zero attached hydrogens (tertiary/aromatic N) is 2. The lowest BCUT2D eigenvalue weighted by molar-refractivity contribution is -0.118. The number of hydrogen-bond acceptors (Lipinski definition) is 2. The molecular formula is C18H18N2OS. The fraction of sp³-hybridized carbons (Fsp3) is 0.222. The van der Waals surface area contributed by atoms with Crippen molar-refractivity contribution in [1.82, 2.24) is 4.57 Å². The summed E-state index contributed by atoms with van der Waals surface area (Å²) in [6.45, 7) is 6.46. The maximum absolute atomic E-state index is 11.9. The Morgan fingerprint density at radius 2 is 2.14 bits per heavy atom. The number of rotatable bonds is 4. The Labute approximate surface area is 133 Å². The quantitative estimate of drug-likeness (QED) is 0.663. The molecule has 3 nitrogen and oxygen atoms in total. The van der Waals surface area contributed by atoms with Gasteiger partial charge >= 0.3 is 0 Å². The molecule has 2 aromatic carbocycles. The fourth-order valence-electron chi connectivity index (χ4n) is 2.57. The topological polar surface area (TPSA) is 34.4 Å². The summed E-state index contributed by atoms with van der Waals surface area (Å²) in [7, 11) is 0. The van der Waals surface area contributed by atoms with E-state index in [9.17, 15) is 4.79 Å². The van der Waals surface area contributed by atoms with Crippen LogP contribution in [0.25, 0.3) is 21.0 Å². The monoisotopic (exact) mass is 310 g/mol. The first-order chi connectivity index (χ1) is 10.7. The number of hydrogen-bond donors (Lipinski definition) is 0. The highest BCUT2D eigenvalue weighted by Crippen LogP contribution is 2.27. The molecule has 0 aliphatic carbocycles. The van der Waals surface area contributed by atoms with Crippen LogP contribution in [-0.2, 0) is 11.3 Å². The van der Waals surface area contributed by atoms with E-state index >= 15 is 0 Å². The molecule has 0 fully saturated rings. The summed E-state index contributed by atoms with van der Waals surface area (Å²) < 4.78 is 3.23. The highest BCUT2D eigenvalue weighted by Gasteiger charge is 2.09. The van der Waals surface area contributed by atoms with Crippen LogP contribution in [0.15, 0.2) is 54.0 Å². The summed E-state index contributed by atoms with van der Waals surface area (Å²) in [4.78, 5) is 17.0. The smallest absolute Gasteiger partial charge is 0.248 e. The predicted octanol–water partition coefficient (Wildman–Crippen LogP) is 4.27. The van der Waals surface area contributed by atoms with Crippen LogP contribution in [0.5, 0.6) is 0 Å². The minimum atomic E-state index is -0.0591. The molecule has 0 radical (unpaired) electrons. The summed E-state index contributed by atoms with van der Waals surface area (Å²) in [5.41, 5.74) is 1.10. The summed E-state index contributed by atoms with van der Waals surface area (Å²) in [5.74, 6) is -0.0591. The van der Waals surface area contributed by atoms with E-state index in [1.54, 1.807) is 11.3 Å². The Kier molecular flexibility index (Phi) is 4.20. The first kappa shape index (κ1) is 14.7. The molecule has 0 aliphatic rings. The van der Waals surface area contributed by atoms with Crippen LogP contribution in [0.1, 0.15) is 19.8 Å². The van der Waals surface area contributed by atoms with Gasteiger partial charge in [-0.15, -0.1) is 6.58 Å². The third-order valence-electron chi connectivity index (χ3n) is 3.57. The summed E-state index contributed by atoms with van der Waals surface area (Å²) in [6.07, 6.45) is 3.14. The Hall–Kier alpha value is -2.20. The maximum Gasteiger partial charge on any atom is 0.248 e. The van der Waals surface area contributed by atoms with Crippen molar-refractivity contribution < 1.29 is 4.79 Å². The van der Waals surface area contributed by atoms with E-state index in [2.05, 4.69) is 40.4 Å². The van der Waals surface area contributed by atoms with E-state index in [1.165, 1.54) is 15.5 Å². The SMILES string of the molecule is C=CCn1c(=NC(=O)CCC)sc2c3ccccc3ccc21. The zero-order valence-electron chi connectivity index (χ0n) is 12.6. The Bertz CT molecular complexity index is 918. The van der Waals surface area contributed by atoms with Gasteiger partial charge < -0.3 is 4.57 Å². The molecule has 3 aromatic rings. The van der Waals surface area contributed by atoms with Crippen molar-refractivity contribution in [2.75, 3.05) is 0 Å². The van der Waals surface area contributed by atoms with Gasteiger partial charge in [0.15, 0.2) is 4.80 Å². The third kappa shape index (κ3) is 2.62. The Morgan fingerprint density at radius 1 is 1.32 bits per heavy atom. The molecule has 0 spiro atoms. The summed E-state index contributed by atoms with van der Waals surface area (Å²) >= 11 is 1.58. The van der Waals surface area contributed by atoms with Gasteiger partial charge in [0.25, 0.3) is 0 Å². The molecule has 0 saturated carbocycles. The molecule has 0 atom stereocenters. The first-order valence-corrected chi connectivity index (χ1v) is 8.25. The molecule has 0 N–H and O–H groups in total. The Balaban J connectivity index is 2.32. The van der Waals surface area contributed by atoms with E-state index in [0.717, 1.165) is 16.7 Å². The number of fused-ring (bicyclic) bond motifs is 3. The fourth-order valence-corrected chi connectivity index (χ4v) is 3.76. The van der Waals surface area contributed by atoms with E-state index in [4.69, 9.17) is 0 Å². The second-order valence-electron chi connectivity index (χ2n) is 5.17. The van der Waals surface area contributed by atoms with Crippen molar-refractivity contribution in [1.29, 1.82) is 0 Å². The van der Waals surface area contributed by atoms with E-state index in [1.807, 2.05) is 25.1 Å². The molecule has 0 saturated heterocycles. The standard InChI is InChI=1S/C18H18N2OS/c1-3-7-16(21)19-18-20(12-4-2)15-11-10-13-8-5-6-9-14(13)17(15)22-18/h4-6,8-11H,2-3,7,12H2,1H3. The molecule has 0 bridgehead atoms. The van der Waals surface area contributed by atoms with Gasteiger partial charge in [0.2, 0.25) is 5.91 Å². The van der Waals surface area contributed by atoms with Crippen molar-refractivity contribution in [2.45, 2.75) is 26.3 Å². The normalized spacial score (nSPS) is 12.1. The molecule has 0 unspecified atom stereocenters. The second kappa shape index (κ2) is 6.28. The lowest BCUT2D eigenvalue weighted by atomic mass is 10.1. The number of aromatic nitrogens is 1. The van der Waals surface area contributed by atoms with Crippen LogP contribution >= 0.6 is 11.3 Å². The van der Waals surface area contributed by atoms with Crippen molar-refractivity contribution in [2.24, 2.45) is 4.99 Å². The number of benzene rings is 2. The molecule has 1 heterocycles. The minimum absolute atomic E-state index is 0.0591. The maximum atomic E-state index is 11.9. The molecule has 3 rings (SSSR count). The molecule has 0 aliphatic heterocycles. The molecule has 112 valence electrons. The van der Waals surface area contributed by atoms with Crippen molar-refractivity contribution in [3.63, 3.8) is 0 Å². The van der Waals surface area contributed by atoms with E-state index < -0.39 is 0 Å². The van der Waals surface area contributed by atoms with Gasteiger partial charge in [-0.3, -0.25) is 4.79 Å². The van der Waals surface area contributed by atoms with E-state index in [0.29, 0.717) is 13.0 Å². The van der Waals surface area contributed by atoms with Gasteiger partial charge in [-0.1, -0.05) is 54.7 Å². The van der Waals surface area contributed by atoms with Crippen molar-refractivity contribution in [3.05, 3.63) is 53.9 Å². The number of carbonyl (C=O) groups excluding carboxylic acids is 1. The van der Waals surface area contributed by atoms with Gasteiger partial charge in [0.05, 0.1) is 10.2 Å². The minimum Gasteiger partial charge on any atom is -0.312 e. The largest absolute Gasteiger partial charge is 0.312 e. The molecule has 4 heteroatoms. The van der Waals surface area contributed by atoms with Gasteiger partial charge in [-0.2, -0.15) is 4.99 Å². The van der Waals surface area contributed by atoms with Crippen molar-refractivity contribution >= 4 is 38.2 Å². The molecule has 1 aromatic heterocycles. The van der Waals surface area contributed by atoms with Crippen LogP contribution in [0.3, 0.4) is 0 Å². The lowest BCUT2D eigenvalue weighted by Crippen LogP contribution is -2.16. The van der Waals surface area contributed by atoms with Gasteiger partial charge in [-0.25, -0.2) is 0 Å². The van der Waals surface area contributed by atoms with Gasteiger partial charge in [0.1, 0.15) is 0 Å².